The minimum atomic E-state index is -1.12. The molecule has 0 amide bonds. The van der Waals surface area contributed by atoms with Crippen LogP contribution in [0.3, 0.4) is 0 Å². The Morgan fingerprint density at radius 1 is 1.18 bits per heavy atom. The summed E-state index contributed by atoms with van der Waals surface area (Å²) in [5, 5.41) is 10.1. The highest BCUT2D eigenvalue weighted by atomic mass is 35.5. The standard InChI is InChI=1S/C24H24ClN3O5/c1-31-15-9-10-16(22(12-15)32-2)20-7-5-11-28(20)24-26-13-17(23(29)30)19(27-24)14-33-21-8-4-3-6-18(21)25/h3-4,6,8-10,12-13,20H,5,7,11,14H2,1-2H3,(H,29,30)/t20-/m1/s1. The number of carboxylic acids is 1. The molecule has 1 N–H and O–H groups in total. The molecule has 0 saturated carbocycles. The molecule has 172 valence electrons. The van der Waals surface area contributed by atoms with Crippen LogP contribution in [0.25, 0.3) is 0 Å². The zero-order chi connectivity index (χ0) is 23.4. The van der Waals surface area contributed by atoms with Crippen LogP contribution in [-0.2, 0) is 6.61 Å². The molecule has 2 heterocycles. The third-order valence-electron chi connectivity index (χ3n) is 5.60. The summed E-state index contributed by atoms with van der Waals surface area (Å²) in [6, 6.07) is 12.7. The van der Waals surface area contributed by atoms with Crippen LogP contribution in [0.2, 0.25) is 5.02 Å². The summed E-state index contributed by atoms with van der Waals surface area (Å²) in [6.45, 7) is 0.683. The number of rotatable bonds is 8. The van der Waals surface area contributed by atoms with E-state index in [4.69, 9.17) is 25.8 Å². The van der Waals surface area contributed by atoms with Crippen molar-refractivity contribution in [2.45, 2.75) is 25.5 Å². The number of benzene rings is 2. The Kier molecular flexibility index (Phi) is 6.84. The van der Waals surface area contributed by atoms with Crippen LogP contribution < -0.4 is 19.1 Å². The highest BCUT2D eigenvalue weighted by Crippen LogP contribution is 2.40. The summed E-state index contributed by atoms with van der Waals surface area (Å²) >= 11 is 6.16. The SMILES string of the molecule is COc1ccc([C@H]2CCCN2c2ncc(C(=O)O)c(COc3ccccc3Cl)n2)c(OC)c1. The molecule has 1 aromatic heterocycles. The molecule has 1 fully saturated rings. The van der Waals surface area contributed by atoms with Crippen LogP contribution in [-0.4, -0.2) is 41.8 Å². The molecule has 0 bridgehead atoms. The van der Waals surface area contributed by atoms with Gasteiger partial charge in [0, 0.05) is 24.4 Å². The van der Waals surface area contributed by atoms with E-state index in [2.05, 4.69) is 14.9 Å². The smallest absolute Gasteiger partial charge is 0.339 e. The minimum Gasteiger partial charge on any atom is -0.497 e. The van der Waals surface area contributed by atoms with E-state index < -0.39 is 5.97 Å². The molecular weight excluding hydrogens is 446 g/mol. The topological polar surface area (TPSA) is 94.0 Å². The van der Waals surface area contributed by atoms with Crippen molar-refractivity contribution in [3.05, 3.63) is 70.5 Å². The zero-order valence-corrected chi connectivity index (χ0v) is 19.1. The quantitative estimate of drug-likeness (QED) is 0.504. The van der Waals surface area contributed by atoms with Gasteiger partial charge in [-0.25, -0.2) is 14.8 Å². The van der Waals surface area contributed by atoms with E-state index in [0.29, 0.717) is 22.5 Å². The number of aromatic carboxylic acids is 1. The van der Waals surface area contributed by atoms with Crippen molar-refractivity contribution in [1.29, 1.82) is 0 Å². The highest BCUT2D eigenvalue weighted by Gasteiger charge is 2.31. The maximum absolute atomic E-state index is 11.8. The number of para-hydroxylation sites is 1. The molecule has 9 heteroatoms. The Balaban J connectivity index is 1.65. The molecule has 33 heavy (non-hydrogen) atoms. The number of ether oxygens (including phenoxy) is 3. The molecule has 0 unspecified atom stereocenters. The molecule has 1 aliphatic rings. The van der Waals surface area contributed by atoms with Crippen molar-refractivity contribution < 1.29 is 24.1 Å². The van der Waals surface area contributed by atoms with Gasteiger partial charge in [0.15, 0.2) is 0 Å². The third-order valence-corrected chi connectivity index (χ3v) is 5.91. The van der Waals surface area contributed by atoms with Crippen LogP contribution >= 0.6 is 11.6 Å². The Morgan fingerprint density at radius 2 is 2.00 bits per heavy atom. The fraction of sp³-hybridized carbons (Fsp3) is 0.292. The number of aromatic nitrogens is 2. The Labute approximate surface area is 196 Å². The van der Waals surface area contributed by atoms with Gasteiger partial charge in [0.1, 0.15) is 29.4 Å². The molecule has 1 atom stereocenters. The van der Waals surface area contributed by atoms with Gasteiger partial charge in [-0.05, 0) is 37.1 Å². The summed E-state index contributed by atoms with van der Waals surface area (Å²) < 4.78 is 16.7. The summed E-state index contributed by atoms with van der Waals surface area (Å²) in [4.78, 5) is 22.8. The molecule has 1 aliphatic heterocycles. The first kappa shape index (κ1) is 22.7. The summed E-state index contributed by atoms with van der Waals surface area (Å²) in [6.07, 6.45) is 3.16. The fourth-order valence-corrected chi connectivity index (χ4v) is 4.16. The molecule has 0 radical (unpaired) electrons. The second-order valence-electron chi connectivity index (χ2n) is 7.51. The van der Waals surface area contributed by atoms with Crippen molar-refractivity contribution in [3.63, 3.8) is 0 Å². The first-order chi connectivity index (χ1) is 16.0. The summed E-state index contributed by atoms with van der Waals surface area (Å²) in [5.74, 6) is 1.21. The van der Waals surface area contributed by atoms with E-state index in [1.54, 1.807) is 38.5 Å². The molecule has 3 aromatic rings. The van der Waals surface area contributed by atoms with Gasteiger partial charge in [0.2, 0.25) is 5.95 Å². The predicted octanol–water partition coefficient (Wildman–Crippen LogP) is 4.77. The second kappa shape index (κ2) is 9.95. The number of hydrogen-bond acceptors (Lipinski definition) is 7. The molecule has 8 nitrogen and oxygen atoms in total. The van der Waals surface area contributed by atoms with Crippen LogP contribution in [0.15, 0.2) is 48.7 Å². The molecule has 1 saturated heterocycles. The maximum atomic E-state index is 11.8. The number of carbonyl (C=O) groups is 1. The largest absolute Gasteiger partial charge is 0.497 e. The molecule has 0 spiro atoms. The van der Waals surface area contributed by atoms with E-state index in [0.717, 1.165) is 30.7 Å². The maximum Gasteiger partial charge on any atom is 0.339 e. The number of anilines is 1. The van der Waals surface area contributed by atoms with Crippen LogP contribution in [0.1, 0.15) is 40.5 Å². The lowest BCUT2D eigenvalue weighted by Gasteiger charge is -2.27. The van der Waals surface area contributed by atoms with Gasteiger partial charge in [0.05, 0.1) is 31.0 Å². The van der Waals surface area contributed by atoms with Gasteiger partial charge >= 0.3 is 5.97 Å². The molecule has 4 rings (SSSR count). The van der Waals surface area contributed by atoms with Gasteiger partial charge in [-0.15, -0.1) is 0 Å². The molecule has 2 aromatic carbocycles. The van der Waals surface area contributed by atoms with Crippen molar-refractivity contribution in [2.24, 2.45) is 0 Å². The minimum absolute atomic E-state index is 0.0106. The van der Waals surface area contributed by atoms with Gasteiger partial charge in [-0.2, -0.15) is 0 Å². The average Bonchev–Trinajstić information content (AvgIpc) is 3.32. The lowest BCUT2D eigenvalue weighted by atomic mass is 10.0. The Hall–Kier alpha value is -3.52. The first-order valence-electron chi connectivity index (χ1n) is 10.5. The van der Waals surface area contributed by atoms with Crippen molar-refractivity contribution >= 4 is 23.5 Å². The summed E-state index contributed by atoms with van der Waals surface area (Å²) in [7, 11) is 3.24. The number of hydrogen-bond donors (Lipinski definition) is 1. The number of carboxylic acid groups (broad SMARTS) is 1. The van der Waals surface area contributed by atoms with E-state index in [1.807, 2.05) is 18.2 Å². The highest BCUT2D eigenvalue weighted by molar-refractivity contribution is 6.32. The van der Waals surface area contributed by atoms with Crippen LogP contribution in [0, 0.1) is 0 Å². The number of halogens is 1. The number of nitrogens with zero attached hydrogens (tertiary/aromatic N) is 3. The summed E-state index contributed by atoms with van der Waals surface area (Å²) in [5.41, 5.74) is 1.26. The van der Waals surface area contributed by atoms with Crippen molar-refractivity contribution in [2.75, 3.05) is 25.7 Å². The van der Waals surface area contributed by atoms with Gasteiger partial charge < -0.3 is 24.2 Å². The van der Waals surface area contributed by atoms with Gasteiger partial charge in [0.25, 0.3) is 0 Å². The third kappa shape index (κ3) is 4.80. The second-order valence-corrected chi connectivity index (χ2v) is 7.92. The van der Waals surface area contributed by atoms with E-state index in [9.17, 15) is 9.90 Å². The number of methoxy groups -OCH3 is 2. The van der Waals surface area contributed by atoms with Crippen molar-refractivity contribution in [3.8, 4) is 17.2 Å². The molecular formula is C24H24ClN3O5. The lowest BCUT2D eigenvalue weighted by Crippen LogP contribution is -2.26. The van der Waals surface area contributed by atoms with E-state index >= 15 is 0 Å². The Morgan fingerprint density at radius 3 is 2.73 bits per heavy atom. The fourth-order valence-electron chi connectivity index (χ4n) is 3.96. The van der Waals surface area contributed by atoms with Crippen LogP contribution in [0.5, 0.6) is 17.2 Å². The monoisotopic (exact) mass is 469 g/mol. The first-order valence-corrected chi connectivity index (χ1v) is 10.8. The van der Waals surface area contributed by atoms with Gasteiger partial charge in [-0.1, -0.05) is 23.7 Å². The zero-order valence-electron chi connectivity index (χ0n) is 18.3. The normalized spacial score (nSPS) is 15.4. The predicted molar refractivity (Wildman–Crippen MR) is 124 cm³/mol. The average molecular weight is 470 g/mol. The van der Waals surface area contributed by atoms with E-state index in [1.165, 1.54) is 6.20 Å². The Bertz CT molecular complexity index is 1160. The van der Waals surface area contributed by atoms with Crippen LogP contribution in [0.4, 0.5) is 5.95 Å². The molecule has 0 aliphatic carbocycles. The van der Waals surface area contributed by atoms with E-state index in [-0.39, 0.29) is 23.9 Å². The van der Waals surface area contributed by atoms with Crippen molar-refractivity contribution in [1.82, 2.24) is 9.97 Å². The lowest BCUT2D eigenvalue weighted by molar-refractivity contribution is 0.0692. The van der Waals surface area contributed by atoms with Gasteiger partial charge in [-0.3, -0.25) is 0 Å².